The summed E-state index contributed by atoms with van der Waals surface area (Å²) in [5.74, 6) is -0.0932. The maximum Gasteiger partial charge on any atom is 0.237 e. The Morgan fingerprint density at radius 1 is 1.73 bits per heavy atom. The smallest absolute Gasteiger partial charge is 0.237 e. The molecule has 15 heavy (non-hydrogen) atoms. The number of carbonyl (C=O) groups is 1. The highest BCUT2D eigenvalue weighted by atomic mass is 16.2. The molecule has 78 valence electrons. The number of rotatable bonds is 1. The molecule has 1 aromatic rings. The van der Waals surface area contributed by atoms with E-state index in [2.05, 4.69) is 4.98 Å². The SMILES string of the molecule is Cn1cnc2c1CN(C(=O)CC#N)CC2. The second kappa shape index (κ2) is 3.73. The van der Waals surface area contributed by atoms with Gasteiger partial charge >= 0.3 is 0 Å². The van der Waals surface area contributed by atoms with Gasteiger partial charge in [0.1, 0.15) is 6.42 Å². The van der Waals surface area contributed by atoms with Crippen LogP contribution in [0, 0.1) is 11.3 Å². The summed E-state index contributed by atoms with van der Waals surface area (Å²) in [6, 6.07) is 1.88. The van der Waals surface area contributed by atoms with Crippen molar-refractivity contribution >= 4 is 5.91 Å². The summed E-state index contributed by atoms with van der Waals surface area (Å²) in [5.41, 5.74) is 2.14. The van der Waals surface area contributed by atoms with Crippen LogP contribution in [0.5, 0.6) is 0 Å². The van der Waals surface area contributed by atoms with Crippen molar-refractivity contribution in [3.8, 4) is 6.07 Å². The van der Waals surface area contributed by atoms with E-state index in [1.807, 2.05) is 17.7 Å². The molecule has 0 radical (unpaired) electrons. The molecule has 0 aliphatic carbocycles. The van der Waals surface area contributed by atoms with Gasteiger partial charge in [0, 0.05) is 20.0 Å². The topological polar surface area (TPSA) is 61.9 Å². The number of nitrogens with zero attached hydrogens (tertiary/aromatic N) is 4. The number of aromatic nitrogens is 2. The van der Waals surface area contributed by atoms with Crippen LogP contribution in [-0.4, -0.2) is 26.9 Å². The monoisotopic (exact) mass is 204 g/mol. The lowest BCUT2D eigenvalue weighted by Crippen LogP contribution is -2.36. The van der Waals surface area contributed by atoms with E-state index in [1.165, 1.54) is 0 Å². The summed E-state index contributed by atoms with van der Waals surface area (Å²) in [4.78, 5) is 17.5. The lowest BCUT2D eigenvalue weighted by atomic mass is 10.1. The average Bonchev–Trinajstić information content (AvgIpc) is 2.60. The average molecular weight is 204 g/mol. The number of fused-ring (bicyclic) bond motifs is 1. The largest absolute Gasteiger partial charge is 0.336 e. The molecule has 0 saturated heterocycles. The molecule has 5 nitrogen and oxygen atoms in total. The first kappa shape index (κ1) is 9.71. The van der Waals surface area contributed by atoms with E-state index in [1.54, 1.807) is 11.2 Å². The molecule has 1 aliphatic heterocycles. The maximum absolute atomic E-state index is 11.5. The quantitative estimate of drug-likeness (QED) is 0.657. The van der Waals surface area contributed by atoms with Crippen molar-refractivity contribution < 1.29 is 4.79 Å². The van der Waals surface area contributed by atoms with Gasteiger partial charge in [-0.3, -0.25) is 4.79 Å². The molecule has 0 fully saturated rings. The van der Waals surface area contributed by atoms with Crippen molar-refractivity contribution in [2.75, 3.05) is 6.54 Å². The van der Waals surface area contributed by atoms with Crippen LogP contribution in [0.15, 0.2) is 6.33 Å². The second-order valence-corrected chi connectivity index (χ2v) is 3.65. The molecule has 0 N–H and O–H groups in total. The van der Waals surface area contributed by atoms with Crippen molar-refractivity contribution in [2.45, 2.75) is 19.4 Å². The van der Waals surface area contributed by atoms with Crippen LogP contribution in [0.4, 0.5) is 0 Å². The van der Waals surface area contributed by atoms with E-state index in [-0.39, 0.29) is 12.3 Å². The molecule has 0 spiro atoms. The van der Waals surface area contributed by atoms with Gasteiger partial charge in [0.05, 0.1) is 30.3 Å². The van der Waals surface area contributed by atoms with E-state index in [0.717, 1.165) is 17.8 Å². The van der Waals surface area contributed by atoms with Gasteiger partial charge in [0.2, 0.25) is 5.91 Å². The normalized spacial score (nSPS) is 14.5. The van der Waals surface area contributed by atoms with Gasteiger partial charge in [0.15, 0.2) is 0 Å². The molecule has 1 aromatic heterocycles. The summed E-state index contributed by atoms with van der Waals surface area (Å²) in [6.07, 6.45) is 2.52. The highest BCUT2D eigenvalue weighted by Gasteiger charge is 2.22. The van der Waals surface area contributed by atoms with Gasteiger partial charge in [-0.2, -0.15) is 5.26 Å². The van der Waals surface area contributed by atoms with Crippen molar-refractivity contribution in [1.29, 1.82) is 5.26 Å². The Morgan fingerprint density at radius 3 is 3.27 bits per heavy atom. The number of hydrogen-bond acceptors (Lipinski definition) is 3. The lowest BCUT2D eigenvalue weighted by molar-refractivity contribution is -0.131. The molecule has 0 unspecified atom stereocenters. The van der Waals surface area contributed by atoms with E-state index in [9.17, 15) is 4.79 Å². The van der Waals surface area contributed by atoms with Gasteiger partial charge in [-0.25, -0.2) is 4.98 Å². The number of hydrogen-bond donors (Lipinski definition) is 0. The first-order valence-electron chi connectivity index (χ1n) is 4.86. The maximum atomic E-state index is 11.5. The molecule has 1 amide bonds. The molecule has 0 saturated carbocycles. The molecule has 2 heterocycles. The van der Waals surface area contributed by atoms with Crippen molar-refractivity contribution in [2.24, 2.45) is 7.05 Å². The number of aryl methyl sites for hydroxylation is 1. The molecule has 0 atom stereocenters. The zero-order chi connectivity index (χ0) is 10.8. The predicted octanol–water partition coefficient (Wildman–Crippen LogP) is 0.218. The Labute approximate surface area is 87.9 Å². The van der Waals surface area contributed by atoms with Gasteiger partial charge in [0.25, 0.3) is 0 Å². The Hall–Kier alpha value is -1.83. The minimum absolute atomic E-state index is 0.0345. The van der Waals surface area contributed by atoms with E-state index >= 15 is 0 Å². The third kappa shape index (κ3) is 1.71. The number of amides is 1. The summed E-state index contributed by atoms with van der Waals surface area (Å²) >= 11 is 0. The van der Waals surface area contributed by atoms with Gasteiger partial charge in [-0.15, -0.1) is 0 Å². The summed E-state index contributed by atoms with van der Waals surface area (Å²) in [6.45, 7) is 1.25. The van der Waals surface area contributed by atoms with Crippen LogP contribution in [0.1, 0.15) is 17.8 Å². The highest BCUT2D eigenvalue weighted by Crippen LogP contribution is 2.17. The first-order chi connectivity index (χ1) is 7.22. The van der Waals surface area contributed by atoms with Crippen molar-refractivity contribution in [3.63, 3.8) is 0 Å². The molecule has 0 bridgehead atoms. The molecule has 2 rings (SSSR count). The fourth-order valence-corrected chi connectivity index (χ4v) is 1.81. The lowest BCUT2D eigenvalue weighted by Gasteiger charge is -2.26. The molecular weight excluding hydrogens is 192 g/mol. The molecule has 0 aromatic carbocycles. The van der Waals surface area contributed by atoms with Crippen molar-refractivity contribution in [1.82, 2.24) is 14.5 Å². The van der Waals surface area contributed by atoms with Crippen LogP contribution in [-0.2, 0) is 24.8 Å². The van der Waals surface area contributed by atoms with Gasteiger partial charge in [-0.1, -0.05) is 0 Å². The third-order valence-electron chi connectivity index (χ3n) is 2.69. The van der Waals surface area contributed by atoms with Crippen molar-refractivity contribution in [3.05, 3.63) is 17.7 Å². The molecule has 1 aliphatic rings. The van der Waals surface area contributed by atoms with Gasteiger partial charge < -0.3 is 9.47 Å². The minimum atomic E-state index is -0.0932. The third-order valence-corrected chi connectivity index (χ3v) is 2.69. The number of nitriles is 1. The van der Waals surface area contributed by atoms with E-state index < -0.39 is 0 Å². The Bertz CT molecular complexity index is 429. The van der Waals surface area contributed by atoms with Crippen LogP contribution in [0.3, 0.4) is 0 Å². The van der Waals surface area contributed by atoms with Crippen LogP contribution in [0.2, 0.25) is 0 Å². The summed E-state index contributed by atoms with van der Waals surface area (Å²) < 4.78 is 1.93. The van der Waals surface area contributed by atoms with Crippen LogP contribution < -0.4 is 0 Å². The van der Waals surface area contributed by atoms with Gasteiger partial charge in [-0.05, 0) is 0 Å². The minimum Gasteiger partial charge on any atom is -0.336 e. The van der Waals surface area contributed by atoms with E-state index in [0.29, 0.717) is 13.1 Å². The van der Waals surface area contributed by atoms with Crippen LogP contribution in [0.25, 0.3) is 0 Å². The Balaban J connectivity index is 2.15. The second-order valence-electron chi connectivity index (χ2n) is 3.65. The zero-order valence-electron chi connectivity index (χ0n) is 8.60. The summed E-state index contributed by atoms with van der Waals surface area (Å²) in [5, 5.41) is 8.46. The Kier molecular flexibility index (Phi) is 2.42. The number of imidazole rings is 1. The number of carbonyl (C=O) groups excluding carboxylic acids is 1. The van der Waals surface area contributed by atoms with Crippen LogP contribution >= 0.6 is 0 Å². The standard InChI is InChI=1S/C10H12N4O/c1-13-7-12-8-3-5-14(6-9(8)13)10(15)2-4-11/h7H,2-3,5-6H2,1H3. The molecule has 5 heteroatoms. The fourth-order valence-electron chi connectivity index (χ4n) is 1.81. The zero-order valence-corrected chi connectivity index (χ0v) is 8.60. The molecular formula is C10H12N4O. The predicted molar refractivity (Wildman–Crippen MR) is 52.6 cm³/mol. The van der Waals surface area contributed by atoms with E-state index in [4.69, 9.17) is 5.26 Å². The summed E-state index contributed by atoms with van der Waals surface area (Å²) in [7, 11) is 1.92. The fraction of sp³-hybridized carbons (Fsp3) is 0.500. The highest BCUT2D eigenvalue weighted by molar-refractivity contribution is 5.78. The first-order valence-corrected chi connectivity index (χ1v) is 4.86. The Morgan fingerprint density at radius 2 is 2.53 bits per heavy atom.